The molecular formula is C38H12F12N4. The number of hydrogen-bond donors (Lipinski definition) is 0. The Balaban J connectivity index is 1.71. The molecular weight excluding hydrogens is 740 g/mol. The fraction of sp³-hybridized carbons (Fsp3) is 0.105. The third-order valence-corrected chi connectivity index (χ3v) is 8.75. The van der Waals surface area contributed by atoms with E-state index in [1.165, 1.54) is 36.4 Å². The largest absolute Gasteiger partial charge is 0.417 e. The first-order chi connectivity index (χ1) is 25.2. The molecule has 16 heteroatoms. The van der Waals surface area contributed by atoms with Crippen LogP contribution in [-0.4, -0.2) is 0 Å². The monoisotopic (exact) mass is 752 g/mol. The van der Waals surface area contributed by atoms with Crippen LogP contribution in [0.15, 0.2) is 83.9 Å². The number of nitrogens with zero attached hydrogens (tertiary/aromatic N) is 4. The lowest BCUT2D eigenvalue weighted by Gasteiger charge is -2.21. The third kappa shape index (κ3) is 5.82. The number of alkyl halides is 12. The van der Waals surface area contributed by atoms with Crippen molar-refractivity contribution in [3.63, 3.8) is 0 Å². The number of fused-ring (bicyclic) bond motifs is 4. The van der Waals surface area contributed by atoms with Crippen LogP contribution in [0.3, 0.4) is 0 Å². The summed E-state index contributed by atoms with van der Waals surface area (Å²) in [5, 5.41) is 40.3. The first-order valence-corrected chi connectivity index (χ1v) is 14.9. The zero-order chi connectivity index (χ0) is 39.7. The van der Waals surface area contributed by atoms with Crippen molar-refractivity contribution in [2.75, 3.05) is 0 Å². The van der Waals surface area contributed by atoms with E-state index < -0.39 is 69.2 Å². The van der Waals surface area contributed by atoms with Gasteiger partial charge in [-0.3, -0.25) is 0 Å². The molecule has 2 aliphatic carbocycles. The van der Waals surface area contributed by atoms with Gasteiger partial charge in [-0.25, -0.2) is 0 Å². The van der Waals surface area contributed by atoms with Gasteiger partial charge in [-0.1, -0.05) is 48.5 Å². The standard InChI is InChI=1S/C38H12F12N4/c39-35(40,41)25-9-7-17(11-27(25)37(45,46)47)21-3-1-5-23-31(21)29(19(13-51)14-52)34-24-6-2-4-22(32(24)30(33(23)34)20(15-53)16-54)18-8-10-26(36(42,43)44)28(12-18)38(48,49)50/h1-12H. The second-order valence-corrected chi connectivity index (χ2v) is 11.7. The lowest BCUT2D eigenvalue weighted by Crippen LogP contribution is -2.16. The van der Waals surface area contributed by atoms with Gasteiger partial charge in [0.1, 0.15) is 35.4 Å². The number of allylic oxidation sites excluding steroid dienone is 6. The van der Waals surface area contributed by atoms with Gasteiger partial charge in [0, 0.05) is 33.4 Å². The van der Waals surface area contributed by atoms with Gasteiger partial charge in [-0.05, 0) is 57.6 Å². The van der Waals surface area contributed by atoms with E-state index in [1.807, 2.05) is 0 Å². The second-order valence-electron chi connectivity index (χ2n) is 11.7. The predicted octanol–water partition coefficient (Wildman–Crippen LogP) is 11.6. The zero-order valence-electron chi connectivity index (χ0n) is 26.3. The summed E-state index contributed by atoms with van der Waals surface area (Å²) in [7, 11) is 0. The Labute approximate surface area is 295 Å². The SMILES string of the molecule is N#CC(C#N)=C1C2=C(C(=C(C#N)C#N)c3c2cccc3-c2ccc(C(F)(F)F)c(C(F)(F)F)c2)c2cccc(-c3ccc(C(F)(F)F)c(C(F)(F)F)c3)c21. The highest BCUT2D eigenvalue weighted by atomic mass is 19.4. The second kappa shape index (κ2) is 12.4. The van der Waals surface area contributed by atoms with Crippen molar-refractivity contribution < 1.29 is 52.7 Å². The summed E-state index contributed by atoms with van der Waals surface area (Å²) in [6.07, 6.45) is -21.8. The van der Waals surface area contributed by atoms with Crippen LogP contribution in [-0.2, 0) is 24.7 Å². The maximum Gasteiger partial charge on any atom is 0.417 e. The summed E-state index contributed by atoms with van der Waals surface area (Å²) < 4.78 is 166. The predicted molar refractivity (Wildman–Crippen MR) is 167 cm³/mol. The Kier molecular flexibility index (Phi) is 8.51. The first kappa shape index (κ1) is 37.0. The maximum atomic E-state index is 14.0. The molecule has 0 saturated carbocycles. The van der Waals surface area contributed by atoms with E-state index in [0.29, 0.717) is 0 Å². The van der Waals surface area contributed by atoms with Crippen molar-refractivity contribution in [3.8, 4) is 46.5 Å². The van der Waals surface area contributed by atoms with Crippen molar-refractivity contribution in [1.82, 2.24) is 0 Å². The highest BCUT2D eigenvalue weighted by Crippen LogP contribution is 2.62. The lowest BCUT2D eigenvalue weighted by atomic mass is 9.83. The highest BCUT2D eigenvalue weighted by molar-refractivity contribution is 6.39. The summed E-state index contributed by atoms with van der Waals surface area (Å²) in [5.41, 5.74) is -11.8. The van der Waals surface area contributed by atoms with Crippen LogP contribution in [0.5, 0.6) is 0 Å². The van der Waals surface area contributed by atoms with Gasteiger partial charge < -0.3 is 0 Å². The topological polar surface area (TPSA) is 95.2 Å². The van der Waals surface area contributed by atoms with Crippen LogP contribution in [0.4, 0.5) is 52.7 Å². The quantitative estimate of drug-likeness (QED) is 0.150. The molecule has 0 saturated heterocycles. The molecule has 0 spiro atoms. The van der Waals surface area contributed by atoms with Gasteiger partial charge in [0.25, 0.3) is 0 Å². The molecule has 0 heterocycles. The van der Waals surface area contributed by atoms with Crippen LogP contribution in [0.25, 0.3) is 44.5 Å². The molecule has 268 valence electrons. The zero-order valence-corrected chi connectivity index (χ0v) is 26.3. The van der Waals surface area contributed by atoms with E-state index in [-0.39, 0.29) is 79.9 Å². The van der Waals surface area contributed by atoms with Crippen molar-refractivity contribution in [2.45, 2.75) is 24.7 Å². The van der Waals surface area contributed by atoms with E-state index in [2.05, 4.69) is 0 Å². The van der Waals surface area contributed by atoms with Crippen LogP contribution < -0.4 is 0 Å². The Bertz CT molecular complexity index is 2370. The van der Waals surface area contributed by atoms with Crippen LogP contribution in [0, 0.1) is 45.3 Å². The molecule has 0 aliphatic heterocycles. The van der Waals surface area contributed by atoms with Gasteiger partial charge >= 0.3 is 24.7 Å². The molecule has 0 atom stereocenters. The minimum absolute atomic E-state index is 0.0301. The highest BCUT2D eigenvalue weighted by Gasteiger charge is 2.46. The average molecular weight is 753 g/mol. The number of hydrogen-bond acceptors (Lipinski definition) is 4. The van der Waals surface area contributed by atoms with E-state index in [4.69, 9.17) is 0 Å². The third-order valence-electron chi connectivity index (χ3n) is 8.75. The van der Waals surface area contributed by atoms with Crippen molar-refractivity contribution in [2.24, 2.45) is 0 Å². The molecule has 4 nitrogen and oxygen atoms in total. The van der Waals surface area contributed by atoms with Gasteiger partial charge in [0.05, 0.1) is 22.3 Å². The Morgan fingerprint density at radius 1 is 0.389 bits per heavy atom. The molecule has 0 unspecified atom stereocenters. The van der Waals surface area contributed by atoms with Crippen LogP contribution >= 0.6 is 0 Å². The molecule has 4 aromatic carbocycles. The molecule has 0 aromatic heterocycles. The fourth-order valence-electron chi connectivity index (χ4n) is 6.74. The van der Waals surface area contributed by atoms with E-state index >= 15 is 0 Å². The molecule has 0 fully saturated rings. The molecule has 0 amide bonds. The molecule has 0 radical (unpaired) electrons. The number of benzene rings is 4. The maximum absolute atomic E-state index is 14.0. The van der Waals surface area contributed by atoms with Gasteiger partial charge in [-0.2, -0.15) is 73.7 Å². The van der Waals surface area contributed by atoms with Crippen molar-refractivity contribution in [3.05, 3.63) is 128 Å². The van der Waals surface area contributed by atoms with Gasteiger partial charge in [0.2, 0.25) is 0 Å². The van der Waals surface area contributed by atoms with E-state index in [1.54, 1.807) is 24.3 Å². The summed E-state index contributed by atoms with van der Waals surface area (Å²) in [6.45, 7) is 0. The summed E-state index contributed by atoms with van der Waals surface area (Å²) in [5.74, 6) is 0. The van der Waals surface area contributed by atoms with Crippen LogP contribution in [0.1, 0.15) is 44.5 Å². The van der Waals surface area contributed by atoms with Crippen LogP contribution in [0.2, 0.25) is 0 Å². The Hall–Kier alpha value is -6.78. The number of halogens is 12. The van der Waals surface area contributed by atoms with Crippen molar-refractivity contribution >= 4 is 22.3 Å². The smallest absolute Gasteiger partial charge is 0.192 e. The molecule has 4 aromatic rings. The van der Waals surface area contributed by atoms with Crippen molar-refractivity contribution in [1.29, 1.82) is 21.0 Å². The normalized spacial score (nSPS) is 13.7. The van der Waals surface area contributed by atoms with Gasteiger partial charge in [-0.15, -0.1) is 0 Å². The minimum atomic E-state index is -5.49. The Morgan fingerprint density at radius 3 is 0.963 bits per heavy atom. The molecule has 2 aliphatic rings. The number of rotatable bonds is 2. The molecule has 54 heavy (non-hydrogen) atoms. The molecule has 0 bridgehead atoms. The summed E-state index contributed by atoms with van der Waals surface area (Å²) >= 11 is 0. The molecule has 6 rings (SSSR count). The summed E-state index contributed by atoms with van der Waals surface area (Å²) in [6, 6.07) is 16.6. The average Bonchev–Trinajstić information content (AvgIpc) is 3.61. The minimum Gasteiger partial charge on any atom is -0.192 e. The van der Waals surface area contributed by atoms with E-state index in [9.17, 15) is 73.7 Å². The fourth-order valence-corrected chi connectivity index (χ4v) is 6.74. The molecule has 0 N–H and O–H groups in total. The van der Waals surface area contributed by atoms with E-state index in [0.717, 1.165) is 12.1 Å². The summed E-state index contributed by atoms with van der Waals surface area (Å²) in [4.78, 5) is 0. The first-order valence-electron chi connectivity index (χ1n) is 14.9. The Morgan fingerprint density at radius 2 is 0.685 bits per heavy atom. The lowest BCUT2D eigenvalue weighted by molar-refractivity contribution is -0.162. The number of nitriles is 4. The van der Waals surface area contributed by atoms with Gasteiger partial charge in [0.15, 0.2) is 0 Å².